The first kappa shape index (κ1) is 16.5. The third-order valence-corrected chi connectivity index (χ3v) is 6.23. The van der Waals surface area contributed by atoms with Gasteiger partial charge in [0.1, 0.15) is 4.90 Å². The van der Waals surface area contributed by atoms with Crippen molar-refractivity contribution in [3.63, 3.8) is 0 Å². The largest absolute Gasteiger partial charge is 0.390 e. The minimum Gasteiger partial charge on any atom is -0.390 e. The summed E-state index contributed by atoms with van der Waals surface area (Å²) in [7, 11) is -1.71. The third kappa shape index (κ3) is 3.31. The zero-order valence-electron chi connectivity index (χ0n) is 13.0. The highest BCUT2D eigenvalue weighted by molar-refractivity contribution is 7.89. The van der Waals surface area contributed by atoms with E-state index in [1.54, 1.807) is 28.2 Å². The molecule has 1 aliphatic heterocycles. The number of piperazine rings is 1. The summed E-state index contributed by atoms with van der Waals surface area (Å²) in [6, 6.07) is 2.05. The topological polar surface area (TPSA) is 65.8 Å². The number of rotatable bonds is 5. The van der Waals surface area contributed by atoms with Crippen LogP contribution in [0.3, 0.4) is 0 Å². The number of aliphatic hydroxyl groups is 1. The molecule has 0 radical (unpaired) electrons. The van der Waals surface area contributed by atoms with Crippen molar-refractivity contribution >= 4 is 10.0 Å². The van der Waals surface area contributed by atoms with Gasteiger partial charge in [-0.25, -0.2) is 8.42 Å². The van der Waals surface area contributed by atoms with Crippen LogP contribution in [-0.4, -0.2) is 59.5 Å². The first-order valence-electron chi connectivity index (χ1n) is 7.40. The van der Waals surface area contributed by atoms with Crippen LogP contribution in [0.4, 0.5) is 0 Å². The molecule has 2 rings (SSSR count). The maximum Gasteiger partial charge on any atom is 0.244 e. The Bertz CT molecular complexity index is 574. The van der Waals surface area contributed by atoms with Gasteiger partial charge in [-0.15, -0.1) is 0 Å². The quantitative estimate of drug-likeness (QED) is 0.865. The molecule has 0 spiro atoms. The zero-order chi connectivity index (χ0) is 15.6. The van der Waals surface area contributed by atoms with Crippen molar-refractivity contribution in [1.82, 2.24) is 13.8 Å². The van der Waals surface area contributed by atoms with Gasteiger partial charge in [0, 0.05) is 51.2 Å². The fraction of sp³-hybridized carbons (Fsp3) is 0.714. The van der Waals surface area contributed by atoms with Crippen molar-refractivity contribution in [2.45, 2.75) is 37.8 Å². The minimum absolute atomic E-state index is 0.159. The van der Waals surface area contributed by atoms with Gasteiger partial charge in [0.2, 0.25) is 10.0 Å². The smallest absolute Gasteiger partial charge is 0.244 e. The summed E-state index contributed by atoms with van der Waals surface area (Å²) in [5.74, 6) is 0. The fourth-order valence-electron chi connectivity index (χ4n) is 2.67. The van der Waals surface area contributed by atoms with E-state index in [2.05, 4.69) is 18.7 Å². The van der Waals surface area contributed by atoms with Gasteiger partial charge < -0.3 is 9.67 Å². The van der Waals surface area contributed by atoms with Gasteiger partial charge in [-0.2, -0.15) is 4.31 Å². The van der Waals surface area contributed by atoms with Gasteiger partial charge in [0.05, 0.1) is 6.61 Å². The maximum absolute atomic E-state index is 12.6. The van der Waals surface area contributed by atoms with Crippen LogP contribution in [-0.2, 0) is 23.7 Å². The summed E-state index contributed by atoms with van der Waals surface area (Å²) in [6.07, 6.45) is 2.65. The standard InChI is InChI=1S/C14H25N3O3S/c1-4-12(2)16-5-7-17(8-6-16)21(19,20)14-9-13(11-18)15(3)10-14/h9-10,12,18H,4-8,11H2,1-3H3. The molecule has 7 heteroatoms. The molecule has 1 unspecified atom stereocenters. The number of nitrogens with zero attached hydrogens (tertiary/aromatic N) is 3. The van der Waals surface area contributed by atoms with Crippen molar-refractivity contribution in [3.8, 4) is 0 Å². The number of aryl methyl sites for hydroxylation is 1. The second kappa shape index (κ2) is 6.48. The first-order chi connectivity index (χ1) is 9.90. The van der Waals surface area contributed by atoms with E-state index < -0.39 is 10.0 Å². The van der Waals surface area contributed by atoms with E-state index in [0.717, 1.165) is 19.5 Å². The molecule has 1 aromatic rings. The predicted octanol–water partition coefficient (Wildman–Crippen LogP) is 0.622. The highest BCUT2D eigenvalue weighted by Gasteiger charge is 2.30. The Morgan fingerprint density at radius 3 is 2.38 bits per heavy atom. The lowest BCUT2D eigenvalue weighted by Crippen LogP contribution is -2.51. The van der Waals surface area contributed by atoms with Crippen LogP contribution in [0.1, 0.15) is 26.0 Å². The van der Waals surface area contributed by atoms with Gasteiger partial charge in [-0.1, -0.05) is 6.92 Å². The minimum atomic E-state index is -3.45. The molecule has 0 bridgehead atoms. The highest BCUT2D eigenvalue weighted by Crippen LogP contribution is 2.21. The van der Waals surface area contributed by atoms with Crippen molar-refractivity contribution in [3.05, 3.63) is 18.0 Å². The molecule has 0 aliphatic carbocycles. The molecule has 1 N–H and O–H groups in total. The number of sulfonamides is 1. The van der Waals surface area contributed by atoms with Gasteiger partial charge in [-0.05, 0) is 19.4 Å². The molecule has 2 heterocycles. The fourth-order valence-corrected chi connectivity index (χ4v) is 4.19. The lowest BCUT2D eigenvalue weighted by atomic mass is 10.2. The van der Waals surface area contributed by atoms with E-state index in [0.29, 0.717) is 24.8 Å². The number of hydrogen-bond acceptors (Lipinski definition) is 4. The Morgan fingerprint density at radius 2 is 1.90 bits per heavy atom. The number of aliphatic hydroxyl groups excluding tert-OH is 1. The SMILES string of the molecule is CCC(C)N1CCN(S(=O)(=O)c2cc(CO)n(C)c2)CC1. The van der Waals surface area contributed by atoms with Crippen molar-refractivity contribution < 1.29 is 13.5 Å². The van der Waals surface area contributed by atoms with Gasteiger partial charge in [-0.3, -0.25) is 4.90 Å². The maximum atomic E-state index is 12.6. The monoisotopic (exact) mass is 315 g/mol. The van der Waals surface area contributed by atoms with Crippen LogP contribution in [0, 0.1) is 0 Å². The van der Waals surface area contributed by atoms with E-state index in [9.17, 15) is 13.5 Å². The average Bonchev–Trinajstić information content (AvgIpc) is 2.88. The summed E-state index contributed by atoms with van der Waals surface area (Å²) in [4.78, 5) is 2.60. The predicted molar refractivity (Wildman–Crippen MR) is 81.4 cm³/mol. The molecule has 1 saturated heterocycles. The molecular formula is C14H25N3O3S. The molecule has 1 aliphatic rings. The molecule has 1 fully saturated rings. The lowest BCUT2D eigenvalue weighted by Gasteiger charge is -2.37. The lowest BCUT2D eigenvalue weighted by molar-refractivity contribution is 0.142. The molecule has 0 saturated carbocycles. The van der Waals surface area contributed by atoms with Crippen molar-refractivity contribution in [1.29, 1.82) is 0 Å². The highest BCUT2D eigenvalue weighted by atomic mass is 32.2. The average molecular weight is 315 g/mol. The molecule has 120 valence electrons. The van der Waals surface area contributed by atoms with Crippen LogP contribution < -0.4 is 0 Å². The van der Waals surface area contributed by atoms with E-state index >= 15 is 0 Å². The second-order valence-corrected chi connectivity index (χ2v) is 7.57. The molecule has 1 atom stereocenters. The summed E-state index contributed by atoms with van der Waals surface area (Å²) < 4.78 is 28.5. The van der Waals surface area contributed by atoms with Crippen LogP contribution >= 0.6 is 0 Å². The Hall–Kier alpha value is -0.890. The van der Waals surface area contributed by atoms with Crippen LogP contribution in [0.15, 0.2) is 17.2 Å². The summed E-state index contributed by atoms with van der Waals surface area (Å²) >= 11 is 0. The normalized spacial score (nSPS) is 19.8. The Balaban J connectivity index is 2.11. The van der Waals surface area contributed by atoms with E-state index in [1.807, 2.05) is 0 Å². The Labute approximate surface area is 127 Å². The third-order valence-electron chi connectivity index (χ3n) is 4.37. The molecular weight excluding hydrogens is 290 g/mol. The van der Waals surface area contributed by atoms with Crippen LogP contribution in [0.25, 0.3) is 0 Å². The number of hydrogen-bond donors (Lipinski definition) is 1. The Morgan fingerprint density at radius 1 is 1.29 bits per heavy atom. The van der Waals surface area contributed by atoms with Crippen LogP contribution in [0.5, 0.6) is 0 Å². The Kier molecular flexibility index (Phi) is 5.08. The molecule has 21 heavy (non-hydrogen) atoms. The van der Waals surface area contributed by atoms with Crippen molar-refractivity contribution in [2.75, 3.05) is 26.2 Å². The second-order valence-electron chi connectivity index (χ2n) is 5.63. The van der Waals surface area contributed by atoms with Gasteiger partial charge in [0.25, 0.3) is 0 Å². The molecule has 0 amide bonds. The zero-order valence-corrected chi connectivity index (χ0v) is 13.8. The van der Waals surface area contributed by atoms with Crippen molar-refractivity contribution in [2.24, 2.45) is 7.05 Å². The number of aromatic nitrogens is 1. The van der Waals surface area contributed by atoms with E-state index in [-0.39, 0.29) is 11.5 Å². The van der Waals surface area contributed by atoms with Gasteiger partial charge >= 0.3 is 0 Å². The summed E-state index contributed by atoms with van der Waals surface area (Å²) in [5, 5.41) is 9.19. The molecule has 0 aromatic carbocycles. The molecule has 6 nitrogen and oxygen atoms in total. The van der Waals surface area contributed by atoms with Gasteiger partial charge in [0.15, 0.2) is 0 Å². The first-order valence-corrected chi connectivity index (χ1v) is 8.84. The summed E-state index contributed by atoms with van der Waals surface area (Å²) in [5.41, 5.74) is 0.604. The van der Waals surface area contributed by atoms with E-state index in [1.165, 1.54) is 0 Å². The molecule has 1 aromatic heterocycles. The summed E-state index contributed by atoms with van der Waals surface area (Å²) in [6.45, 7) is 6.75. The van der Waals surface area contributed by atoms with E-state index in [4.69, 9.17) is 0 Å². The van der Waals surface area contributed by atoms with Crippen LogP contribution in [0.2, 0.25) is 0 Å².